The van der Waals surface area contributed by atoms with E-state index < -0.39 is 12.0 Å². The topological polar surface area (TPSA) is 70.4 Å². The molecule has 0 aromatic heterocycles. The van der Waals surface area contributed by atoms with Crippen LogP contribution in [0.4, 0.5) is 4.79 Å². The average molecular weight is 173 g/mol. The zero-order chi connectivity index (χ0) is 9.72. The molecular formula is C7H13N2O3. The molecule has 0 rings (SSSR count). The van der Waals surface area contributed by atoms with Crippen LogP contribution in [0.2, 0.25) is 0 Å². The highest BCUT2D eigenvalue weighted by Crippen LogP contribution is 1.94. The van der Waals surface area contributed by atoms with Crippen LogP contribution in [0.1, 0.15) is 13.8 Å². The first-order valence-corrected chi connectivity index (χ1v) is 3.59. The molecular weight excluding hydrogens is 160 g/mol. The molecule has 1 N–H and O–H groups in total. The van der Waals surface area contributed by atoms with Crippen molar-refractivity contribution < 1.29 is 14.3 Å². The second-order valence-corrected chi connectivity index (χ2v) is 2.71. The maximum atomic E-state index is 11.0. The first-order valence-electron chi connectivity index (χ1n) is 3.59. The van der Waals surface area contributed by atoms with Crippen LogP contribution in [0.15, 0.2) is 0 Å². The summed E-state index contributed by atoms with van der Waals surface area (Å²) in [5, 5.41) is 0. The highest BCUT2D eigenvalue weighted by Gasteiger charge is 2.13. The molecule has 0 aromatic rings. The molecule has 0 aliphatic rings. The SMILES string of the molecule is CC(C)OC(=O)N(C)CC([NH])=O. The van der Waals surface area contributed by atoms with E-state index in [1.54, 1.807) is 13.8 Å². The van der Waals surface area contributed by atoms with Crippen molar-refractivity contribution in [3.05, 3.63) is 0 Å². The Balaban J connectivity index is 3.85. The van der Waals surface area contributed by atoms with Crippen molar-refractivity contribution in [3.63, 3.8) is 0 Å². The number of nitrogens with zero attached hydrogens (tertiary/aromatic N) is 1. The van der Waals surface area contributed by atoms with E-state index >= 15 is 0 Å². The lowest BCUT2D eigenvalue weighted by molar-refractivity contribution is -0.119. The normalized spacial score (nSPS) is 9.67. The summed E-state index contributed by atoms with van der Waals surface area (Å²) >= 11 is 0. The highest BCUT2D eigenvalue weighted by atomic mass is 16.6. The van der Waals surface area contributed by atoms with Gasteiger partial charge in [-0.15, -0.1) is 0 Å². The van der Waals surface area contributed by atoms with Crippen LogP contribution in [-0.4, -0.2) is 36.6 Å². The quantitative estimate of drug-likeness (QED) is 0.615. The van der Waals surface area contributed by atoms with Crippen molar-refractivity contribution in [2.75, 3.05) is 13.6 Å². The number of rotatable bonds is 3. The van der Waals surface area contributed by atoms with Crippen LogP contribution < -0.4 is 5.73 Å². The Kier molecular flexibility index (Phi) is 4.10. The molecule has 0 aliphatic heterocycles. The maximum Gasteiger partial charge on any atom is 0.410 e. The number of ether oxygens (including phenoxy) is 1. The van der Waals surface area contributed by atoms with E-state index in [0.29, 0.717) is 0 Å². The Bertz CT molecular complexity index is 179. The van der Waals surface area contributed by atoms with Crippen molar-refractivity contribution in [1.29, 1.82) is 0 Å². The van der Waals surface area contributed by atoms with Gasteiger partial charge in [-0.1, -0.05) is 0 Å². The molecule has 0 unspecified atom stereocenters. The van der Waals surface area contributed by atoms with Gasteiger partial charge in [0, 0.05) is 7.05 Å². The number of carbonyl (C=O) groups is 2. The van der Waals surface area contributed by atoms with Gasteiger partial charge in [-0.3, -0.25) is 10.5 Å². The molecule has 0 spiro atoms. The summed E-state index contributed by atoms with van der Waals surface area (Å²) in [5.41, 5.74) is 6.60. The predicted octanol–water partition coefficient (Wildman–Crippen LogP) is 0.273. The van der Waals surface area contributed by atoms with Gasteiger partial charge >= 0.3 is 6.09 Å². The number of hydrogen-bond acceptors (Lipinski definition) is 3. The van der Waals surface area contributed by atoms with Gasteiger partial charge in [0.15, 0.2) is 0 Å². The minimum Gasteiger partial charge on any atom is -0.447 e. The van der Waals surface area contributed by atoms with Crippen molar-refractivity contribution >= 4 is 12.0 Å². The van der Waals surface area contributed by atoms with Crippen LogP contribution in [-0.2, 0) is 9.53 Å². The molecule has 2 amide bonds. The number of amides is 2. The van der Waals surface area contributed by atoms with E-state index in [0.717, 1.165) is 4.90 Å². The Morgan fingerprint density at radius 2 is 2.00 bits per heavy atom. The third-order valence-corrected chi connectivity index (χ3v) is 1.03. The summed E-state index contributed by atoms with van der Waals surface area (Å²) in [4.78, 5) is 22.3. The Morgan fingerprint density at radius 3 is 2.33 bits per heavy atom. The van der Waals surface area contributed by atoms with Crippen molar-refractivity contribution in [3.8, 4) is 0 Å². The van der Waals surface area contributed by atoms with Crippen LogP contribution in [0.5, 0.6) is 0 Å². The maximum absolute atomic E-state index is 11.0. The molecule has 0 saturated heterocycles. The van der Waals surface area contributed by atoms with E-state index in [2.05, 4.69) is 0 Å². The summed E-state index contributed by atoms with van der Waals surface area (Å²) in [7, 11) is 1.41. The molecule has 0 aromatic carbocycles. The van der Waals surface area contributed by atoms with E-state index in [-0.39, 0.29) is 12.6 Å². The highest BCUT2D eigenvalue weighted by molar-refractivity contribution is 5.80. The van der Waals surface area contributed by atoms with Gasteiger partial charge < -0.3 is 9.64 Å². The minimum absolute atomic E-state index is 0.208. The van der Waals surface area contributed by atoms with Gasteiger partial charge in [0.2, 0.25) is 0 Å². The number of hydrogen-bond donors (Lipinski definition) is 0. The van der Waals surface area contributed by atoms with Crippen molar-refractivity contribution in [2.45, 2.75) is 20.0 Å². The van der Waals surface area contributed by atoms with Gasteiger partial charge in [-0.2, -0.15) is 0 Å². The molecule has 12 heavy (non-hydrogen) atoms. The summed E-state index contributed by atoms with van der Waals surface area (Å²) in [6.45, 7) is 3.20. The molecule has 0 fully saturated rings. The first kappa shape index (κ1) is 10.7. The van der Waals surface area contributed by atoms with E-state index in [9.17, 15) is 9.59 Å². The smallest absolute Gasteiger partial charge is 0.410 e. The summed E-state index contributed by atoms with van der Waals surface area (Å²) in [5.74, 6) is -0.807. The largest absolute Gasteiger partial charge is 0.447 e. The zero-order valence-corrected chi connectivity index (χ0v) is 7.46. The lowest BCUT2D eigenvalue weighted by Gasteiger charge is -2.16. The zero-order valence-electron chi connectivity index (χ0n) is 7.46. The second-order valence-electron chi connectivity index (χ2n) is 2.71. The molecule has 5 nitrogen and oxygen atoms in total. The van der Waals surface area contributed by atoms with Gasteiger partial charge in [-0.25, -0.2) is 4.79 Å². The fraction of sp³-hybridized carbons (Fsp3) is 0.714. The fourth-order valence-electron chi connectivity index (χ4n) is 0.572. The Morgan fingerprint density at radius 1 is 1.50 bits per heavy atom. The van der Waals surface area contributed by atoms with Gasteiger partial charge in [0.05, 0.1) is 6.10 Å². The van der Waals surface area contributed by atoms with E-state index in [1.807, 2.05) is 0 Å². The molecule has 5 heteroatoms. The van der Waals surface area contributed by atoms with Crippen molar-refractivity contribution in [2.24, 2.45) is 0 Å². The Labute approximate surface area is 71.5 Å². The van der Waals surface area contributed by atoms with Crippen LogP contribution in [0, 0.1) is 0 Å². The third kappa shape index (κ3) is 4.54. The van der Waals surface area contributed by atoms with Crippen LogP contribution in [0.3, 0.4) is 0 Å². The van der Waals surface area contributed by atoms with Gasteiger partial charge in [0.25, 0.3) is 5.91 Å². The number of nitrogens with one attached hydrogen (secondary N) is 1. The third-order valence-electron chi connectivity index (χ3n) is 1.03. The second kappa shape index (κ2) is 4.58. The monoisotopic (exact) mass is 173 g/mol. The van der Waals surface area contributed by atoms with Crippen molar-refractivity contribution in [1.82, 2.24) is 10.6 Å². The molecule has 0 bridgehead atoms. The summed E-state index contributed by atoms with van der Waals surface area (Å²) in [6.07, 6.45) is -0.786. The lowest BCUT2D eigenvalue weighted by atomic mass is 10.5. The number of likely N-dealkylation sites (N-methyl/N-ethyl adjacent to an activating group) is 1. The summed E-state index contributed by atoms with van der Waals surface area (Å²) in [6, 6.07) is 0. The minimum atomic E-state index is -0.807. The molecule has 1 radical (unpaired) electrons. The van der Waals surface area contributed by atoms with E-state index in [4.69, 9.17) is 10.5 Å². The number of carbonyl (C=O) groups excluding carboxylic acids is 2. The molecule has 0 aliphatic carbocycles. The molecule has 0 saturated carbocycles. The predicted molar refractivity (Wildman–Crippen MR) is 42.4 cm³/mol. The molecule has 0 heterocycles. The average Bonchev–Trinajstić information content (AvgIpc) is 1.84. The van der Waals surface area contributed by atoms with Gasteiger partial charge in [-0.05, 0) is 13.8 Å². The van der Waals surface area contributed by atoms with Gasteiger partial charge in [0.1, 0.15) is 6.54 Å². The standard InChI is InChI=1S/C7H13N2O3/c1-5(2)12-7(11)9(3)4-6(8)10/h5,8H,4H2,1-3H3. The fourth-order valence-corrected chi connectivity index (χ4v) is 0.572. The van der Waals surface area contributed by atoms with Crippen LogP contribution >= 0.6 is 0 Å². The molecule has 69 valence electrons. The summed E-state index contributed by atoms with van der Waals surface area (Å²) < 4.78 is 4.76. The lowest BCUT2D eigenvalue weighted by Crippen LogP contribution is -2.34. The molecule has 0 atom stereocenters. The first-order chi connectivity index (χ1) is 5.43. The van der Waals surface area contributed by atoms with E-state index in [1.165, 1.54) is 7.05 Å². The Hall–Kier alpha value is -1.26. The van der Waals surface area contributed by atoms with Crippen LogP contribution in [0.25, 0.3) is 0 Å².